The Morgan fingerprint density at radius 2 is 1.65 bits per heavy atom. The highest BCUT2D eigenvalue weighted by Gasteiger charge is 2.22. The van der Waals surface area contributed by atoms with Crippen LogP contribution in [-0.2, 0) is 11.3 Å². The summed E-state index contributed by atoms with van der Waals surface area (Å²) in [6.07, 6.45) is 0. The summed E-state index contributed by atoms with van der Waals surface area (Å²) < 4.78 is 0. The van der Waals surface area contributed by atoms with Crippen LogP contribution < -0.4 is 4.90 Å². The van der Waals surface area contributed by atoms with E-state index >= 15 is 0 Å². The Labute approximate surface area is 161 Å². The van der Waals surface area contributed by atoms with E-state index in [9.17, 15) is 4.79 Å². The van der Waals surface area contributed by atoms with Crippen molar-refractivity contribution in [2.45, 2.75) is 13.5 Å². The molecule has 5 heteroatoms. The van der Waals surface area contributed by atoms with Gasteiger partial charge in [0.2, 0.25) is 5.91 Å². The van der Waals surface area contributed by atoms with Crippen LogP contribution in [0.4, 0.5) is 5.69 Å². The van der Waals surface area contributed by atoms with Gasteiger partial charge in [-0.25, -0.2) is 0 Å². The maximum Gasteiger partial charge on any atom is 0.237 e. The minimum atomic E-state index is 0.197. The molecule has 0 saturated carbocycles. The van der Waals surface area contributed by atoms with Crippen molar-refractivity contribution in [1.82, 2.24) is 9.80 Å². The number of hydrogen-bond donors (Lipinski definition) is 0. The van der Waals surface area contributed by atoms with E-state index in [0.29, 0.717) is 13.1 Å². The second-order valence-electron chi connectivity index (χ2n) is 6.61. The summed E-state index contributed by atoms with van der Waals surface area (Å²) in [7, 11) is 0. The number of amides is 1. The molecule has 1 aliphatic rings. The van der Waals surface area contributed by atoms with Gasteiger partial charge in [0.05, 0.1) is 17.3 Å². The van der Waals surface area contributed by atoms with E-state index in [1.807, 2.05) is 48.2 Å². The Bertz CT molecular complexity index is 714. The highest BCUT2D eigenvalue weighted by atomic mass is 35.5. The van der Waals surface area contributed by atoms with Gasteiger partial charge in [0.25, 0.3) is 0 Å². The molecule has 1 amide bonds. The Morgan fingerprint density at radius 1 is 1.00 bits per heavy atom. The predicted molar refractivity (Wildman–Crippen MR) is 108 cm³/mol. The van der Waals surface area contributed by atoms with Gasteiger partial charge in [-0.15, -0.1) is 0 Å². The molecule has 0 aliphatic carbocycles. The third kappa shape index (κ3) is 4.77. The van der Waals surface area contributed by atoms with Gasteiger partial charge in [0.1, 0.15) is 0 Å². The highest BCUT2D eigenvalue weighted by Crippen LogP contribution is 2.26. The first-order chi connectivity index (χ1) is 12.7. The molecule has 0 N–H and O–H groups in total. The summed E-state index contributed by atoms with van der Waals surface area (Å²) in [5, 5.41) is 0.789. The van der Waals surface area contributed by atoms with E-state index in [1.54, 1.807) is 0 Å². The summed E-state index contributed by atoms with van der Waals surface area (Å²) in [6, 6.07) is 18.1. The minimum absolute atomic E-state index is 0.197. The van der Waals surface area contributed by atoms with Crippen LogP contribution in [0.3, 0.4) is 0 Å². The number of halogens is 1. The van der Waals surface area contributed by atoms with Crippen molar-refractivity contribution >= 4 is 23.2 Å². The van der Waals surface area contributed by atoms with Crippen LogP contribution in [0.2, 0.25) is 5.02 Å². The molecule has 0 aromatic heterocycles. The summed E-state index contributed by atoms with van der Waals surface area (Å²) in [6.45, 7) is 7.46. The average molecular weight is 372 g/mol. The smallest absolute Gasteiger partial charge is 0.237 e. The van der Waals surface area contributed by atoms with Gasteiger partial charge in [-0.3, -0.25) is 9.69 Å². The van der Waals surface area contributed by atoms with E-state index in [-0.39, 0.29) is 5.91 Å². The van der Waals surface area contributed by atoms with Crippen molar-refractivity contribution in [3.8, 4) is 0 Å². The standard InChI is InChI=1S/C21H26ClN3O/c1-2-24(16-18-8-4-3-5-9-18)21(26)17-23-12-14-25(15-13-23)20-11-7-6-10-19(20)22/h3-11H,2,12-17H2,1H3. The SMILES string of the molecule is CCN(Cc1ccccc1)C(=O)CN1CCN(c2ccccc2Cl)CC1. The lowest BCUT2D eigenvalue weighted by molar-refractivity contribution is -0.132. The molecule has 1 saturated heterocycles. The molecule has 3 rings (SSSR count). The number of rotatable bonds is 6. The number of para-hydroxylation sites is 1. The lowest BCUT2D eigenvalue weighted by Gasteiger charge is -2.37. The molecule has 4 nitrogen and oxygen atoms in total. The first-order valence-electron chi connectivity index (χ1n) is 9.21. The van der Waals surface area contributed by atoms with Crippen molar-refractivity contribution < 1.29 is 4.79 Å². The van der Waals surface area contributed by atoms with Gasteiger partial charge in [-0.2, -0.15) is 0 Å². The zero-order chi connectivity index (χ0) is 18.4. The molecule has 0 unspecified atom stereocenters. The minimum Gasteiger partial charge on any atom is -0.368 e. The van der Waals surface area contributed by atoms with E-state index in [4.69, 9.17) is 11.6 Å². The lowest BCUT2D eigenvalue weighted by atomic mass is 10.2. The number of nitrogens with zero attached hydrogens (tertiary/aromatic N) is 3. The third-order valence-electron chi connectivity index (χ3n) is 4.87. The van der Waals surface area contributed by atoms with Crippen LogP contribution in [-0.4, -0.2) is 55.0 Å². The molecule has 1 heterocycles. The van der Waals surface area contributed by atoms with Gasteiger partial charge < -0.3 is 9.80 Å². The first kappa shape index (κ1) is 18.7. The number of piperazine rings is 1. The highest BCUT2D eigenvalue weighted by molar-refractivity contribution is 6.33. The molecule has 1 fully saturated rings. The fourth-order valence-corrected chi connectivity index (χ4v) is 3.58. The molecular formula is C21H26ClN3O. The third-order valence-corrected chi connectivity index (χ3v) is 5.19. The van der Waals surface area contributed by atoms with Gasteiger partial charge in [-0.1, -0.05) is 54.1 Å². The fourth-order valence-electron chi connectivity index (χ4n) is 3.33. The second kappa shape index (κ2) is 9.06. The molecule has 2 aromatic rings. The van der Waals surface area contributed by atoms with Gasteiger partial charge in [0, 0.05) is 39.3 Å². The molecule has 1 aliphatic heterocycles. The van der Waals surface area contributed by atoms with Crippen molar-refractivity contribution in [3.63, 3.8) is 0 Å². The van der Waals surface area contributed by atoms with E-state index in [1.165, 1.54) is 5.56 Å². The van der Waals surface area contributed by atoms with Gasteiger partial charge in [0.15, 0.2) is 0 Å². The molecular weight excluding hydrogens is 346 g/mol. The molecule has 0 radical (unpaired) electrons. The molecule has 2 aromatic carbocycles. The second-order valence-corrected chi connectivity index (χ2v) is 7.02. The van der Waals surface area contributed by atoms with Gasteiger partial charge in [-0.05, 0) is 24.6 Å². The zero-order valence-electron chi connectivity index (χ0n) is 15.3. The Morgan fingerprint density at radius 3 is 2.31 bits per heavy atom. The maximum absolute atomic E-state index is 12.7. The number of hydrogen-bond acceptors (Lipinski definition) is 3. The predicted octanol–water partition coefficient (Wildman–Crippen LogP) is 3.51. The van der Waals surface area contributed by atoms with Crippen LogP contribution >= 0.6 is 11.6 Å². The summed E-state index contributed by atoms with van der Waals surface area (Å²) >= 11 is 6.30. The van der Waals surface area contributed by atoms with E-state index < -0.39 is 0 Å². The van der Waals surface area contributed by atoms with Crippen LogP contribution in [0.15, 0.2) is 54.6 Å². The summed E-state index contributed by atoms with van der Waals surface area (Å²) in [5.41, 5.74) is 2.26. The topological polar surface area (TPSA) is 26.8 Å². The quantitative estimate of drug-likeness (QED) is 0.777. The average Bonchev–Trinajstić information content (AvgIpc) is 2.68. The molecule has 0 atom stereocenters. The van der Waals surface area contributed by atoms with Crippen molar-refractivity contribution in [1.29, 1.82) is 0 Å². The number of benzene rings is 2. The van der Waals surface area contributed by atoms with Crippen LogP contribution in [0, 0.1) is 0 Å². The first-order valence-corrected chi connectivity index (χ1v) is 9.58. The fraction of sp³-hybridized carbons (Fsp3) is 0.381. The van der Waals surface area contributed by atoms with Crippen molar-refractivity contribution in [2.24, 2.45) is 0 Å². The van der Waals surface area contributed by atoms with Crippen molar-refractivity contribution in [2.75, 3.05) is 44.2 Å². The monoisotopic (exact) mass is 371 g/mol. The number of likely N-dealkylation sites (N-methyl/N-ethyl adjacent to an activating group) is 1. The molecule has 0 bridgehead atoms. The molecule has 26 heavy (non-hydrogen) atoms. The molecule has 138 valence electrons. The number of carbonyl (C=O) groups is 1. The van der Waals surface area contributed by atoms with Crippen LogP contribution in [0.5, 0.6) is 0 Å². The normalized spacial score (nSPS) is 15.1. The zero-order valence-corrected chi connectivity index (χ0v) is 16.0. The number of carbonyl (C=O) groups excluding carboxylic acids is 1. The number of anilines is 1. The van der Waals surface area contributed by atoms with Crippen molar-refractivity contribution in [3.05, 3.63) is 65.2 Å². The van der Waals surface area contributed by atoms with Crippen LogP contribution in [0.1, 0.15) is 12.5 Å². The Kier molecular flexibility index (Phi) is 6.53. The Balaban J connectivity index is 1.52. The lowest BCUT2D eigenvalue weighted by Crippen LogP contribution is -2.50. The molecule has 0 spiro atoms. The van der Waals surface area contributed by atoms with Crippen LogP contribution in [0.25, 0.3) is 0 Å². The van der Waals surface area contributed by atoms with E-state index in [2.05, 4.69) is 28.0 Å². The van der Waals surface area contributed by atoms with Gasteiger partial charge >= 0.3 is 0 Å². The van der Waals surface area contributed by atoms with E-state index in [0.717, 1.165) is 43.4 Å². The largest absolute Gasteiger partial charge is 0.368 e. The summed E-state index contributed by atoms with van der Waals surface area (Å²) in [5.74, 6) is 0.197. The Hall–Kier alpha value is -2.04. The maximum atomic E-state index is 12.7. The summed E-state index contributed by atoms with van der Waals surface area (Å²) in [4.78, 5) is 19.2.